The summed E-state index contributed by atoms with van der Waals surface area (Å²) >= 11 is 0. The van der Waals surface area contributed by atoms with Crippen LogP contribution in [-0.2, 0) is 11.3 Å². The first-order valence-corrected chi connectivity index (χ1v) is 8.56. The van der Waals surface area contributed by atoms with Crippen LogP contribution in [0.4, 0.5) is 4.79 Å². The third-order valence-electron chi connectivity index (χ3n) is 4.27. The smallest absolute Gasteiger partial charge is 0.318 e. The van der Waals surface area contributed by atoms with Crippen LogP contribution >= 0.6 is 0 Å². The van der Waals surface area contributed by atoms with Crippen LogP contribution in [0.5, 0.6) is 5.75 Å². The molecule has 2 amide bonds. The molecular formula is C19H24N2O4. The monoisotopic (exact) mass is 344 g/mol. The van der Waals surface area contributed by atoms with Crippen LogP contribution < -0.4 is 10.1 Å². The molecular weight excluding hydrogens is 320 g/mol. The largest absolute Gasteiger partial charge is 0.493 e. The molecule has 134 valence electrons. The van der Waals surface area contributed by atoms with Crippen LogP contribution in [-0.4, -0.2) is 37.8 Å². The van der Waals surface area contributed by atoms with E-state index in [2.05, 4.69) is 5.32 Å². The van der Waals surface area contributed by atoms with Crippen molar-refractivity contribution in [3.05, 3.63) is 54.0 Å². The van der Waals surface area contributed by atoms with Crippen LogP contribution in [0.2, 0.25) is 0 Å². The van der Waals surface area contributed by atoms with Gasteiger partial charge in [0.25, 0.3) is 0 Å². The molecule has 6 heteroatoms. The molecule has 0 unspecified atom stereocenters. The summed E-state index contributed by atoms with van der Waals surface area (Å²) < 4.78 is 16.3. The maximum Gasteiger partial charge on any atom is 0.318 e. The lowest BCUT2D eigenvalue weighted by Gasteiger charge is -2.26. The summed E-state index contributed by atoms with van der Waals surface area (Å²) in [5.41, 5.74) is 1.03. The Morgan fingerprint density at radius 3 is 3.00 bits per heavy atom. The highest BCUT2D eigenvalue weighted by Crippen LogP contribution is 2.31. The molecule has 1 aromatic carbocycles. The second-order valence-electron chi connectivity index (χ2n) is 6.02. The first kappa shape index (κ1) is 17.4. The van der Waals surface area contributed by atoms with E-state index < -0.39 is 0 Å². The fraction of sp³-hybridized carbons (Fsp3) is 0.421. The third-order valence-corrected chi connectivity index (χ3v) is 4.27. The number of fused-ring (bicyclic) bond motifs is 1. The zero-order chi connectivity index (χ0) is 17.5. The van der Waals surface area contributed by atoms with Gasteiger partial charge in [-0.15, -0.1) is 0 Å². The second kappa shape index (κ2) is 8.58. The maximum atomic E-state index is 12.8. The Morgan fingerprint density at radius 2 is 2.20 bits per heavy atom. The molecule has 6 nitrogen and oxygen atoms in total. The van der Waals surface area contributed by atoms with Crippen molar-refractivity contribution in [2.24, 2.45) is 0 Å². The molecule has 1 aromatic heterocycles. The van der Waals surface area contributed by atoms with E-state index in [1.54, 1.807) is 18.3 Å². The number of amides is 2. The number of hydrogen-bond acceptors (Lipinski definition) is 4. The zero-order valence-electron chi connectivity index (χ0n) is 14.4. The molecule has 2 heterocycles. The summed E-state index contributed by atoms with van der Waals surface area (Å²) in [4.78, 5) is 14.5. The van der Waals surface area contributed by atoms with E-state index in [0.717, 1.165) is 29.9 Å². The number of urea groups is 1. The van der Waals surface area contributed by atoms with Gasteiger partial charge in [-0.05, 0) is 31.0 Å². The first-order chi connectivity index (χ1) is 12.3. The molecule has 0 spiro atoms. The molecule has 0 aliphatic carbocycles. The molecule has 3 rings (SSSR count). The first-order valence-electron chi connectivity index (χ1n) is 8.56. The van der Waals surface area contributed by atoms with E-state index in [-0.39, 0.29) is 12.1 Å². The number of benzene rings is 1. The van der Waals surface area contributed by atoms with Gasteiger partial charge in [-0.1, -0.05) is 18.2 Å². The van der Waals surface area contributed by atoms with Crippen molar-refractivity contribution < 1.29 is 18.7 Å². The molecule has 1 N–H and O–H groups in total. The lowest BCUT2D eigenvalue weighted by atomic mass is 10.0. The number of carbonyl (C=O) groups is 1. The van der Waals surface area contributed by atoms with Crippen molar-refractivity contribution in [3.8, 4) is 5.75 Å². The normalized spacial score (nSPS) is 16.4. The molecule has 0 bridgehead atoms. The highest BCUT2D eigenvalue weighted by Gasteiger charge is 2.24. The topological polar surface area (TPSA) is 63.9 Å². The molecule has 0 saturated carbocycles. The van der Waals surface area contributed by atoms with Gasteiger partial charge in [0.05, 0.1) is 32.1 Å². The van der Waals surface area contributed by atoms with Gasteiger partial charge in [-0.3, -0.25) is 0 Å². The van der Waals surface area contributed by atoms with Crippen molar-refractivity contribution in [3.63, 3.8) is 0 Å². The zero-order valence-corrected chi connectivity index (χ0v) is 14.4. The number of nitrogens with zero attached hydrogens (tertiary/aromatic N) is 1. The number of furan rings is 1. The van der Waals surface area contributed by atoms with Gasteiger partial charge >= 0.3 is 6.03 Å². The van der Waals surface area contributed by atoms with Crippen molar-refractivity contribution in [2.75, 3.05) is 26.9 Å². The number of hydrogen-bond donors (Lipinski definition) is 1. The van der Waals surface area contributed by atoms with E-state index in [9.17, 15) is 4.79 Å². The summed E-state index contributed by atoms with van der Waals surface area (Å²) in [5, 5.41) is 3.15. The number of rotatable bonds is 6. The lowest BCUT2D eigenvalue weighted by molar-refractivity contribution is 0.141. The third kappa shape index (κ3) is 4.54. The van der Waals surface area contributed by atoms with Gasteiger partial charge in [-0.2, -0.15) is 0 Å². The van der Waals surface area contributed by atoms with Crippen LogP contribution in [0, 0.1) is 0 Å². The maximum absolute atomic E-state index is 12.8. The predicted octanol–water partition coefficient (Wildman–Crippen LogP) is 3.35. The van der Waals surface area contributed by atoms with Crippen molar-refractivity contribution in [2.45, 2.75) is 25.4 Å². The molecule has 0 saturated heterocycles. The predicted molar refractivity (Wildman–Crippen MR) is 93.4 cm³/mol. The Hall–Kier alpha value is -2.47. The van der Waals surface area contributed by atoms with Gasteiger partial charge in [0.2, 0.25) is 0 Å². The molecule has 0 fully saturated rings. The van der Waals surface area contributed by atoms with Crippen molar-refractivity contribution in [1.29, 1.82) is 0 Å². The Morgan fingerprint density at radius 1 is 1.32 bits per heavy atom. The number of nitrogens with one attached hydrogen (secondary N) is 1. The fourth-order valence-electron chi connectivity index (χ4n) is 2.96. The van der Waals surface area contributed by atoms with Gasteiger partial charge in [0.15, 0.2) is 0 Å². The van der Waals surface area contributed by atoms with Gasteiger partial charge in [0, 0.05) is 19.2 Å². The van der Waals surface area contributed by atoms with Crippen molar-refractivity contribution >= 4 is 6.03 Å². The molecule has 1 aliphatic heterocycles. The lowest BCUT2D eigenvalue weighted by Crippen LogP contribution is -2.42. The Labute approximate surface area is 147 Å². The SMILES string of the molecule is COCCN(Cc1ccco1)C(=O)N[C@H]1CCCOc2ccccc21. The van der Waals surface area contributed by atoms with Crippen molar-refractivity contribution in [1.82, 2.24) is 10.2 Å². The van der Waals surface area contributed by atoms with E-state index in [1.807, 2.05) is 36.4 Å². The van der Waals surface area contributed by atoms with Crippen LogP contribution in [0.25, 0.3) is 0 Å². The van der Waals surface area contributed by atoms with E-state index in [0.29, 0.717) is 26.3 Å². The Bertz CT molecular complexity index is 672. The van der Waals surface area contributed by atoms with Crippen LogP contribution in [0.15, 0.2) is 47.1 Å². The van der Waals surface area contributed by atoms with E-state index >= 15 is 0 Å². The number of para-hydroxylation sites is 1. The minimum absolute atomic E-state index is 0.0622. The Kier molecular flexibility index (Phi) is 5.95. The molecule has 1 atom stereocenters. The minimum atomic E-state index is -0.129. The summed E-state index contributed by atoms with van der Waals surface area (Å²) in [7, 11) is 1.63. The molecule has 25 heavy (non-hydrogen) atoms. The standard InChI is InChI=1S/C19H24N2O4/c1-23-13-10-21(14-15-6-4-11-24-15)19(22)20-17-8-5-12-25-18-9-3-2-7-16(17)18/h2-4,6-7,9,11,17H,5,8,10,12-14H2,1H3,(H,20,22)/t17-/m0/s1. The van der Waals surface area contributed by atoms with E-state index in [4.69, 9.17) is 13.9 Å². The summed E-state index contributed by atoms with van der Waals surface area (Å²) in [6, 6.07) is 11.4. The van der Waals surface area contributed by atoms with Crippen LogP contribution in [0.1, 0.15) is 30.2 Å². The van der Waals surface area contributed by atoms with Gasteiger partial charge in [0.1, 0.15) is 11.5 Å². The highest BCUT2D eigenvalue weighted by molar-refractivity contribution is 5.75. The average molecular weight is 344 g/mol. The molecule has 2 aromatic rings. The quantitative estimate of drug-likeness (QED) is 0.873. The minimum Gasteiger partial charge on any atom is -0.493 e. The van der Waals surface area contributed by atoms with Gasteiger partial charge < -0.3 is 24.1 Å². The highest BCUT2D eigenvalue weighted by atomic mass is 16.5. The van der Waals surface area contributed by atoms with Crippen LogP contribution in [0.3, 0.4) is 0 Å². The summed E-state index contributed by atoms with van der Waals surface area (Å²) in [6.07, 6.45) is 3.36. The second-order valence-corrected chi connectivity index (χ2v) is 6.02. The number of methoxy groups -OCH3 is 1. The number of carbonyl (C=O) groups excluding carboxylic acids is 1. The summed E-state index contributed by atoms with van der Waals surface area (Å²) in [5.74, 6) is 1.59. The fourth-order valence-corrected chi connectivity index (χ4v) is 2.96. The molecule has 1 aliphatic rings. The van der Waals surface area contributed by atoms with E-state index in [1.165, 1.54) is 0 Å². The Balaban J connectivity index is 1.71. The number of ether oxygens (including phenoxy) is 2. The molecule has 0 radical (unpaired) electrons. The summed E-state index contributed by atoms with van der Waals surface area (Å²) in [6.45, 7) is 2.04. The van der Waals surface area contributed by atoms with Gasteiger partial charge in [-0.25, -0.2) is 4.79 Å². The average Bonchev–Trinajstić information content (AvgIpc) is 3.06.